The van der Waals surface area contributed by atoms with Crippen LogP contribution in [0.4, 0.5) is 13.2 Å². The minimum absolute atomic E-state index is 0.00970. The Morgan fingerprint density at radius 1 is 1.06 bits per heavy atom. The third kappa shape index (κ3) is 5.42. The van der Waals surface area contributed by atoms with Crippen LogP contribution in [0.25, 0.3) is 5.69 Å². The Hall–Kier alpha value is -3.46. The molecule has 0 aliphatic heterocycles. The molecule has 1 aromatic heterocycles. The number of carbonyl (C=O) groups excluding carboxylic acids is 1. The summed E-state index contributed by atoms with van der Waals surface area (Å²) < 4.78 is 40.5. The summed E-state index contributed by atoms with van der Waals surface area (Å²) in [6.45, 7) is 1.43. The number of aryl methyl sites for hydroxylation is 1. The van der Waals surface area contributed by atoms with Crippen molar-refractivity contribution in [3.8, 4) is 5.69 Å². The van der Waals surface area contributed by atoms with Crippen LogP contribution >= 0.6 is 0 Å². The van der Waals surface area contributed by atoms with E-state index >= 15 is 0 Å². The first-order valence-electron chi connectivity index (χ1n) is 9.93. The average molecular weight is 445 g/mol. The Labute approximate surface area is 182 Å². The number of nitrogens with zero attached hydrogens (tertiary/aromatic N) is 3. The van der Waals surface area contributed by atoms with E-state index < -0.39 is 28.8 Å². The SMILES string of the molecule is Cc1cc(=O)c(C(=O)N(CCO)CCc2ccccc2)nn1-c1cccc(C(F)(F)F)c1. The summed E-state index contributed by atoms with van der Waals surface area (Å²) in [4.78, 5) is 26.9. The molecule has 0 aliphatic rings. The zero-order chi connectivity index (χ0) is 23.3. The molecule has 0 atom stereocenters. The fourth-order valence-corrected chi connectivity index (χ4v) is 3.26. The molecule has 0 saturated heterocycles. The van der Waals surface area contributed by atoms with E-state index in [2.05, 4.69) is 5.10 Å². The van der Waals surface area contributed by atoms with Gasteiger partial charge < -0.3 is 10.0 Å². The number of benzene rings is 2. The summed E-state index contributed by atoms with van der Waals surface area (Å²) in [7, 11) is 0. The van der Waals surface area contributed by atoms with Gasteiger partial charge in [-0.1, -0.05) is 36.4 Å². The van der Waals surface area contributed by atoms with E-state index in [-0.39, 0.29) is 31.1 Å². The first-order valence-corrected chi connectivity index (χ1v) is 9.93. The molecular weight excluding hydrogens is 423 g/mol. The van der Waals surface area contributed by atoms with Crippen LogP contribution in [0.2, 0.25) is 0 Å². The van der Waals surface area contributed by atoms with Crippen LogP contribution in [-0.4, -0.2) is 45.4 Å². The van der Waals surface area contributed by atoms with E-state index in [0.717, 1.165) is 28.4 Å². The molecule has 2 aromatic carbocycles. The molecular formula is C23H22F3N3O3. The largest absolute Gasteiger partial charge is 0.416 e. The van der Waals surface area contributed by atoms with Crippen molar-refractivity contribution in [3.05, 3.63) is 93.4 Å². The van der Waals surface area contributed by atoms with Crippen molar-refractivity contribution in [1.29, 1.82) is 0 Å². The molecule has 32 heavy (non-hydrogen) atoms. The van der Waals surface area contributed by atoms with Crippen molar-refractivity contribution in [1.82, 2.24) is 14.7 Å². The molecule has 168 valence electrons. The maximum absolute atomic E-state index is 13.1. The van der Waals surface area contributed by atoms with Crippen LogP contribution in [0.1, 0.15) is 27.3 Å². The normalized spacial score (nSPS) is 11.4. The second kappa shape index (κ2) is 9.78. The van der Waals surface area contributed by atoms with Crippen molar-refractivity contribution in [2.24, 2.45) is 0 Å². The lowest BCUT2D eigenvalue weighted by molar-refractivity contribution is -0.137. The first kappa shape index (κ1) is 23.2. The molecule has 6 nitrogen and oxygen atoms in total. The lowest BCUT2D eigenvalue weighted by Crippen LogP contribution is -2.39. The predicted molar refractivity (Wildman–Crippen MR) is 113 cm³/mol. The zero-order valence-electron chi connectivity index (χ0n) is 17.3. The quantitative estimate of drug-likeness (QED) is 0.606. The van der Waals surface area contributed by atoms with Gasteiger partial charge in [-0.25, -0.2) is 4.68 Å². The van der Waals surface area contributed by atoms with E-state index in [9.17, 15) is 27.9 Å². The maximum Gasteiger partial charge on any atom is 0.416 e. The van der Waals surface area contributed by atoms with Crippen molar-refractivity contribution < 1.29 is 23.1 Å². The summed E-state index contributed by atoms with van der Waals surface area (Å²) in [6.07, 6.45) is -4.04. The Bertz CT molecular complexity index is 1140. The number of hydrogen-bond acceptors (Lipinski definition) is 4. The highest BCUT2D eigenvalue weighted by atomic mass is 19.4. The number of carbonyl (C=O) groups is 1. The van der Waals surface area contributed by atoms with Gasteiger partial charge in [0, 0.05) is 24.8 Å². The van der Waals surface area contributed by atoms with Crippen LogP contribution in [0.5, 0.6) is 0 Å². The maximum atomic E-state index is 13.1. The molecule has 1 N–H and O–H groups in total. The Morgan fingerprint density at radius 3 is 2.44 bits per heavy atom. The van der Waals surface area contributed by atoms with Crippen molar-refractivity contribution >= 4 is 5.91 Å². The monoisotopic (exact) mass is 445 g/mol. The molecule has 0 spiro atoms. The van der Waals surface area contributed by atoms with Crippen LogP contribution in [0, 0.1) is 6.92 Å². The molecule has 0 aliphatic carbocycles. The summed E-state index contributed by atoms with van der Waals surface area (Å²) >= 11 is 0. The molecule has 3 rings (SSSR count). The van der Waals surface area contributed by atoms with Crippen LogP contribution in [0.15, 0.2) is 65.5 Å². The van der Waals surface area contributed by atoms with E-state index in [1.165, 1.54) is 24.0 Å². The predicted octanol–water partition coefficient (Wildman–Crippen LogP) is 3.24. The Balaban J connectivity index is 1.94. The summed E-state index contributed by atoms with van der Waals surface area (Å²) in [5, 5.41) is 13.5. The van der Waals surface area contributed by atoms with Gasteiger partial charge in [0.2, 0.25) is 5.43 Å². The van der Waals surface area contributed by atoms with Gasteiger partial charge in [0.15, 0.2) is 5.69 Å². The van der Waals surface area contributed by atoms with Gasteiger partial charge in [0.05, 0.1) is 17.9 Å². The van der Waals surface area contributed by atoms with Crippen LogP contribution in [-0.2, 0) is 12.6 Å². The highest BCUT2D eigenvalue weighted by Gasteiger charge is 2.31. The van der Waals surface area contributed by atoms with E-state index in [0.29, 0.717) is 6.42 Å². The number of halogens is 3. The molecule has 9 heteroatoms. The topological polar surface area (TPSA) is 75.4 Å². The molecule has 0 fully saturated rings. The van der Waals surface area contributed by atoms with Crippen molar-refractivity contribution in [2.45, 2.75) is 19.5 Å². The number of hydrogen-bond donors (Lipinski definition) is 1. The number of alkyl halides is 3. The summed E-state index contributed by atoms with van der Waals surface area (Å²) in [6, 6.07) is 15.0. The van der Waals surface area contributed by atoms with Crippen molar-refractivity contribution in [2.75, 3.05) is 19.7 Å². The smallest absolute Gasteiger partial charge is 0.395 e. The molecule has 0 saturated carbocycles. The first-order chi connectivity index (χ1) is 15.2. The number of aliphatic hydroxyl groups is 1. The zero-order valence-corrected chi connectivity index (χ0v) is 17.3. The number of amides is 1. The second-order valence-corrected chi connectivity index (χ2v) is 7.21. The molecule has 1 heterocycles. The number of aliphatic hydroxyl groups excluding tert-OH is 1. The van der Waals surface area contributed by atoms with Gasteiger partial charge >= 0.3 is 6.18 Å². The molecule has 0 radical (unpaired) electrons. The number of rotatable bonds is 7. The molecule has 3 aromatic rings. The van der Waals surface area contributed by atoms with Gasteiger partial charge in [-0.15, -0.1) is 0 Å². The van der Waals surface area contributed by atoms with Crippen LogP contribution < -0.4 is 5.43 Å². The molecule has 1 amide bonds. The van der Waals surface area contributed by atoms with Crippen molar-refractivity contribution in [3.63, 3.8) is 0 Å². The highest BCUT2D eigenvalue weighted by molar-refractivity contribution is 5.92. The second-order valence-electron chi connectivity index (χ2n) is 7.21. The molecule has 0 unspecified atom stereocenters. The molecule has 0 bridgehead atoms. The van der Waals surface area contributed by atoms with Gasteiger partial charge in [0.25, 0.3) is 5.91 Å². The van der Waals surface area contributed by atoms with Gasteiger partial charge in [-0.05, 0) is 37.1 Å². The van der Waals surface area contributed by atoms with E-state index in [1.54, 1.807) is 0 Å². The van der Waals surface area contributed by atoms with E-state index in [1.807, 2.05) is 30.3 Å². The third-order valence-electron chi connectivity index (χ3n) is 4.90. The third-order valence-corrected chi connectivity index (χ3v) is 4.90. The standard InChI is InChI=1S/C23H22F3N3O3/c1-16-14-20(31)21(27-29(16)19-9-5-8-18(15-19)23(24,25)26)22(32)28(12-13-30)11-10-17-6-3-2-4-7-17/h2-9,14-15,30H,10-13H2,1H3. The lowest BCUT2D eigenvalue weighted by atomic mass is 10.1. The van der Waals surface area contributed by atoms with Gasteiger partial charge in [0.1, 0.15) is 0 Å². The lowest BCUT2D eigenvalue weighted by Gasteiger charge is -2.22. The fourth-order valence-electron chi connectivity index (χ4n) is 3.26. The average Bonchev–Trinajstić information content (AvgIpc) is 2.76. The minimum Gasteiger partial charge on any atom is -0.395 e. The minimum atomic E-state index is -4.54. The summed E-state index contributed by atoms with van der Waals surface area (Å²) in [5.74, 6) is -0.694. The fraction of sp³-hybridized carbons (Fsp3) is 0.261. The highest BCUT2D eigenvalue weighted by Crippen LogP contribution is 2.30. The number of aromatic nitrogens is 2. The Morgan fingerprint density at radius 2 is 1.78 bits per heavy atom. The van der Waals surface area contributed by atoms with Gasteiger partial charge in [-0.3, -0.25) is 9.59 Å². The van der Waals surface area contributed by atoms with Crippen LogP contribution in [0.3, 0.4) is 0 Å². The summed E-state index contributed by atoms with van der Waals surface area (Å²) in [5.41, 5.74) is -0.602. The van der Waals surface area contributed by atoms with Gasteiger partial charge in [-0.2, -0.15) is 18.3 Å². The Kier molecular flexibility index (Phi) is 7.09. The van der Waals surface area contributed by atoms with E-state index in [4.69, 9.17) is 0 Å².